The SMILES string of the molecule is CC1(c2ccccc2)CC2CC(C)(c3ccccc3)CC(c3ccccc3)(C2)C1. The topological polar surface area (TPSA) is 0 Å². The Morgan fingerprint density at radius 1 is 0.517 bits per heavy atom. The summed E-state index contributed by atoms with van der Waals surface area (Å²) in [6, 6.07) is 34.0. The minimum atomic E-state index is 0.248. The predicted octanol–water partition coefficient (Wildman–Crippen LogP) is 7.43. The Morgan fingerprint density at radius 3 is 1.31 bits per heavy atom. The van der Waals surface area contributed by atoms with Crippen LogP contribution in [0.3, 0.4) is 0 Å². The van der Waals surface area contributed by atoms with E-state index in [1.807, 2.05) is 0 Å². The number of fused-ring (bicyclic) bond motifs is 2. The summed E-state index contributed by atoms with van der Waals surface area (Å²) < 4.78 is 0. The van der Waals surface area contributed by atoms with Crippen LogP contribution >= 0.6 is 0 Å². The van der Waals surface area contributed by atoms with Crippen molar-refractivity contribution in [1.29, 1.82) is 0 Å². The summed E-state index contributed by atoms with van der Waals surface area (Å²) in [5.74, 6) is 0.758. The van der Waals surface area contributed by atoms with Gasteiger partial charge in [0.1, 0.15) is 0 Å². The van der Waals surface area contributed by atoms with Gasteiger partial charge in [0.2, 0.25) is 0 Å². The van der Waals surface area contributed by atoms with Gasteiger partial charge >= 0.3 is 0 Å². The molecule has 0 spiro atoms. The van der Waals surface area contributed by atoms with Crippen LogP contribution in [0.1, 0.15) is 62.6 Å². The molecule has 0 aromatic heterocycles. The molecule has 0 heterocycles. The normalized spacial score (nSPS) is 33.9. The first kappa shape index (κ1) is 18.7. The van der Waals surface area contributed by atoms with Gasteiger partial charge in [-0.05, 0) is 71.0 Å². The second kappa shape index (κ2) is 6.87. The van der Waals surface area contributed by atoms with Gasteiger partial charge in [-0.25, -0.2) is 0 Å². The first-order chi connectivity index (χ1) is 14.0. The van der Waals surface area contributed by atoms with Gasteiger partial charge in [-0.1, -0.05) is 105 Å². The maximum atomic E-state index is 2.53. The van der Waals surface area contributed by atoms with Crippen molar-refractivity contribution in [2.45, 2.75) is 62.2 Å². The molecule has 2 unspecified atom stereocenters. The van der Waals surface area contributed by atoms with Gasteiger partial charge in [0, 0.05) is 0 Å². The van der Waals surface area contributed by atoms with Crippen LogP contribution in [0.5, 0.6) is 0 Å². The molecule has 148 valence electrons. The third-order valence-corrected chi connectivity index (χ3v) is 7.94. The van der Waals surface area contributed by atoms with Crippen molar-refractivity contribution in [3.8, 4) is 0 Å². The lowest BCUT2D eigenvalue weighted by molar-refractivity contribution is 0.0427. The molecule has 0 nitrogen and oxygen atoms in total. The minimum Gasteiger partial charge on any atom is -0.0622 e. The number of hydrogen-bond acceptors (Lipinski definition) is 0. The van der Waals surface area contributed by atoms with Crippen molar-refractivity contribution in [1.82, 2.24) is 0 Å². The number of rotatable bonds is 3. The first-order valence-electron chi connectivity index (χ1n) is 11.2. The Bertz CT molecular complexity index is 898. The van der Waals surface area contributed by atoms with E-state index in [4.69, 9.17) is 0 Å². The molecular formula is C29H32. The highest BCUT2D eigenvalue weighted by molar-refractivity contribution is 5.38. The lowest BCUT2D eigenvalue weighted by atomic mass is 9.45. The summed E-state index contributed by atoms with van der Waals surface area (Å²) in [7, 11) is 0. The lowest BCUT2D eigenvalue weighted by Crippen LogP contribution is -2.52. The summed E-state index contributed by atoms with van der Waals surface area (Å²) in [4.78, 5) is 0. The Labute approximate surface area is 176 Å². The highest BCUT2D eigenvalue weighted by Crippen LogP contribution is 2.61. The molecule has 2 fully saturated rings. The smallest absolute Gasteiger partial charge is 0.00276 e. The molecular weight excluding hydrogens is 348 g/mol. The number of benzene rings is 3. The van der Waals surface area contributed by atoms with Crippen LogP contribution in [0, 0.1) is 5.92 Å². The Balaban J connectivity index is 1.62. The summed E-state index contributed by atoms with van der Waals surface area (Å²) in [6.07, 6.45) is 6.42. The fourth-order valence-corrected chi connectivity index (χ4v) is 7.12. The summed E-state index contributed by atoms with van der Waals surface area (Å²) >= 11 is 0. The molecule has 2 aliphatic rings. The van der Waals surface area contributed by atoms with Crippen molar-refractivity contribution in [3.05, 3.63) is 108 Å². The van der Waals surface area contributed by atoms with Crippen LogP contribution in [0.25, 0.3) is 0 Å². The van der Waals surface area contributed by atoms with Crippen LogP contribution in [0.4, 0.5) is 0 Å². The molecule has 0 heteroatoms. The monoisotopic (exact) mass is 380 g/mol. The summed E-state index contributed by atoms with van der Waals surface area (Å²) in [5, 5.41) is 0. The Morgan fingerprint density at radius 2 is 0.897 bits per heavy atom. The first-order valence-corrected chi connectivity index (χ1v) is 11.2. The van der Waals surface area contributed by atoms with Crippen molar-refractivity contribution in [2.75, 3.05) is 0 Å². The van der Waals surface area contributed by atoms with Crippen molar-refractivity contribution >= 4 is 0 Å². The highest BCUT2D eigenvalue weighted by Gasteiger charge is 2.55. The molecule has 2 saturated carbocycles. The van der Waals surface area contributed by atoms with Crippen LogP contribution in [-0.2, 0) is 16.2 Å². The maximum absolute atomic E-state index is 2.53. The van der Waals surface area contributed by atoms with E-state index in [0.717, 1.165) is 5.92 Å². The van der Waals surface area contributed by atoms with E-state index >= 15 is 0 Å². The van der Waals surface area contributed by atoms with Crippen LogP contribution in [0.15, 0.2) is 91.0 Å². The van der Waals surface area contributed by atoms with E-state index < -0.39 is 0 Å². The second-order valence-electron chi connectivity index (χ2n) is 10.3. The molecule has 3 aromatic carbocycles. The zero-order chi connectivity index (χ0) is 20.0. The minimum absolute atomic E-state index is 0.248. The van der Waals surface area contributed by atoms with E-state index in [2.05, 4.69) is 105 Å². The van der Waals surface area contributed by atoms with Crippen molar-refractivity contribution in [2.24, 2.45) is 5.92 Å². The average molecular weight is 381 g/mol. The molecule has 29 heavy (non-hydrogen) atoms. The fraction of sp³-hybridized carbons (Fsp3) is 0.379. The average Bonchev–Trinajstić information content (AvgIpc) is 2.75. The van der Waals surface area contributed by atoms with Crippen LogP contribution < -0.4 is 0 Å². The van der Waals surface area contributed by atoms with E-state index in [-0.39, 0.29) is 16.2 Å². The van der Waals surface area contributed by atoms with Gasteiger partial charge < -0.3 is 0 Å². The fourth-order valence-electron chi connectivity index (χ4n) is 7.12. The van der Waals surface area contributed by atoms with E-state index in [1.165, 1.54) is 43.2 Å². The Kier molecular flexibility index (Phi) is 4.42. The zero-order valence-electron chi connectivity index (χ0n) is 17.8. The predicted molar refractivity (Wildman–Crippen MR) is 122 cm³/mol. The second-order valence-corrected chi connectivity index (χ2v) is 10.3. The van der Waals surface area contributed by atoms with Gasteiger partial charge in [-0.2, -0.15) is 0 Å². The molecule has 0 N–H and O–H groups in total. The largest absolute Gasteiger partial charge is 0.0622 e. The van der Waals surface area contributed by atoms with Crippen LogP contribution in [0.2, 0.25) is 0 Å². The molecule has 0 amide bonds. The molecule has 0 aliphatic heterocycles. The quantitative estimate of drug-likeness (QED) is 0.443. The van der Waals surface area contributed by atoms with Gasteiger partial charge in [-0.3, -0.25) is 0 Å². The molecule has 2 aliphatic carbocycles. The zero-order valence-corrected chi connectivity index (χ0v) is 17.8. The highest BCUT2D eigenvalue weighted by atomic mass is 14.6. The summed E-state index contributed by atoms with van der Waals surface area (Å²) in [6.45, 7) is 5.05. The molecule has 2 bridgehead atoms. The van der Waals surface area contributed by atoms with Gasteiger partial charge in [0.15, 0.2) is 0 Å². The van der Waals surface area contributed by atoms with Crippen molar-refractivity contribution < 1.29 is 0 Å². The van der Waals surface area contributed by atoms with E-state index in [1.54, 1.807) is 5.56 Å². The van der Waals surface area contributed by atoms with Gasteiger partial charge in [0.25, 0.3) is 0 Å². The molecule has 0 radical (unpaired) electrons. The Hall–Kier alpha value is -2.34. The van der Waals surface area contributed by atoms with E-state index in [0.29, 0.717) is 0 Å². The van der Waals surface area contributed by atoms with Crippen LogP contribution in [-0.4, -0.2) is 0 Å². The van der Waals surface area contributed by atoms with E-state index in [9.17, 15) is 0 Å². The molecule has 3 aromatic rings. The lowest BCUT2D eigenvalue weighted by Gasteiger charge is -2.58. The number of hydrogen-bond donors (Lipinski definition) is 0. The van der Waals surface area contributed by atoms with Gasteiger partial charge in [0.05, 0.1) is 0 Å². The molecule has 2 atom stereocenters. The van der Waals surface area contributed by atoms with Gasteiger partial charge in [-0.15, -0.1) is 0 Å². The molecule has 0 saturated heterocycles. The third kappa shape index (κ3) is 3.23. The summed E-state index contributed by atoms with van der Waals surface area (Å²) in [5.41, 5.74) is 5.34. The third-order valence-electron chi connectivity index (χ3n) is 7.94. The molecule has 5 rings (SSSR count). The standard InChI is InChI=1S/C29H32/c1-27(24-12-6-3-7-13-24)18-23-19-28(2,25-14-8-4-9-15-25)22-29(20-23,21-27)26-16-10-5-11-17-26/h3-17,23H,18-22H2,1-2H3. The van der Waals surface area contributed by atoms with Crippen molar-refractivity contribution in [3.63, 3.8) is 0 Å². The maximum Gasteiger partial charge on any atom is -0.00276 e.